The Morgan fingerprint density at radius 1 is 0.793 bits per heavy atom. The number of hydrogen-bond acceptors (Lipinski definition) is 9. The van der Waals surface area contributed by atoms with E-state index in [1.807, 2.05) is 24.3 Å². The summed E-state index contributed by atoms with van der Waals surface area (Å²) in [5.74, 6) is -0.173. The maximum Gasteiger partial charge on any atom is 0.419 e. The summed E-state index contributed by atoms with van der Waals surface area (Å²) in [6.07, 6.45) is -2.55. The maximum atomic E-state index is 12.6. The first kappa shape index (κ1) is 44.6. The summed E-state index contributed by atoms with van der Waals surface area (Å²) in [7, 11) is 1.51. The second-order valence-electron chi connectivity index (χ2n) is 13.5. The van der Waals surface area contributed by atoms with Crippen LogP contribution in [0.2, 0.25) is 20.1 Å². The molecule has 19 heteroatoms. The SMILES string of the molecule is COc1cc(N2CCN(C(C)=O)CC2)ccc1Nc1ncc(C(F)(F)F)cn1.O=C(NCc1ccc(Cl)c(Cl)c1)C1CNCC(C(=O)NCc2ccc(Cl)c(Cl)c2)C1. The predicted octanol–water partition coefficient (Wildman–Crippen LogP) is 7.37. The number of piperidine rings is 1. The molecule has 1 aromatic heterocycles. The summed E-state index contributed by atoms with van der Waals surface area (Å²) in [5, 5.41) is 13.7. The highest BCUT2D eigenvalue weighted by atomic mass is 35.5. The summed E-state index contributed by atoms with van der Waals surface area (Å²) in [6.45, 7) is 6.03. The van der Waals surface area contributed by atoms with Crippen molar-refractivity contribution in [1.29, 1.82) is 0 Å². The molecule has 12 nitrogen and oxygen atoms in total. The van der Waals surface area contributed by atoms with E-state index in [9.17, 15) is 27.6 Å². The van der Waals surface area contributed by atoms with Gasteiger partial charge in [-0.3, -0.25) is 14.4 Å². The van der Waals surface area contributed by atoms with Crippen LogP contribution in [0.1, 0.15) is 30.0 Å². The van der Waals surface area contributed by atoms with Crippen molar-refractivity contribution in [3.05, 3.63) is 104 Å². The molecular weight excluding hydrogens is 843 g/mol. The van der Waals surface area contributed by atoms with E-state index in [2.05, 4.69) is 36.1 Å². The van der Waals surface area contributed by atoms with E-state index in [0.717, 1.165) is 29.2 Å². The van der Waals surface area contributed by atoms with Gasteiger partial charge in [-0.25, -0.2) is 9.97 Å². The number of carbonyl (C=O) groups is 3. The Kier molecular flexibility index (Phi) is 15.7. The topological polar surface area (TPSA) is 141 Å². The minimum absolute atomic E-state index is 0.0362. The standard InChI is InChI=1S/C21H21Cl4N3O2.C18H20F3N5O2/c22-16-3-1-12(5-18(16)24)8-27-20(29)14-7-15(11-26-10-14)21(30)28-9-13-2-4-17(23)19(25)6-13;1-12(27)25-5-7-26(8-6-25)14-3-4-15(16(9-14)28-2)24-17-22-10-13(11-23-17)18(19,20)21/h1-6,14-15,26H,7-11H2,(H,27,29)(H,28,30);3-4,9-11H,5-8H2,1-2H3,(H,22,23,24). The number of amides is 3. The van der Waals surface area contributed by atoms with Crippen LogP contribution < -0.4 is 30.9 Å². The largest absolute Gasteiger partial charge is 0.494 e. The first-order chi connectivity index (χ1) is 27.6. The molecule has 2 unspecified atom stereocenters. The van der Waals surface area contributed by atoms with Gasteiger partial charge in [0.15, 0.2) is 0 Å². The Hall–Kier alpha value is -4.54. The van der Waals surface area contributed by atoms with Crippen LogP contribution in [-0.4, -0.2) is 79.0 Å². The molecule has 3 aromatic carbocycles. The summed E-state index contributed by atoms with van der Waals surface area (Å²) < 4.78 is 43.2. The lowest BCUT2D eigenvalue weighted by Gasteiger charge is -2.35. The van der Waals surface area contributed by atoms with Crippen LogP contribution in [0.15, 0.2) is 67.0 Å². The number of alkyl halides is 3. The van der Waals surface area contributed by atoms with Gasteiger partial charge in [-0.05, 0) is 53.9 Å². The van der Waals surface area contributed by atoms with Crippen molar-refractivity contribution < 1.29 is 32.3 Å². The third kappa shape index (κ3) is 12.5. The molecule has 58 heavy (non-hydrogen) atoms. The highest BCUT2D eigenvalue weighted by Crippen LogP contribution is 2.33. The van der Waals surface area contributed by atoms with Crippen molar-refractivity contribution in [2.45, 2.75) is 32.6 Å². The van der Waals surface area contributed by atoms with Crippen molar-refractivity contribution in [2.24, 2.45) is 11.8 Å². The molecule has 310 valence electrons. The first-order valence-corrected chi connectivity index (χ1v) is 19.6. The fourth-order valence-electron chi connectivity index (χ4n) is 6.23. The van der Waals surface area contributed by atoms with E-state index in [0.29, 0.717) is 90.3 Å². The number of piperazine rings is 1. The lowest BCUT2D eigenvalue weighted by atomic mass is 9.89. The second kappa shape index (κ2) is 20.4. The van der Waals surface area contributed by atoms with Gasteiger partial charge < -0.3 is 35.8 Å². The van der Waals surface area contributed by atoms with E-state index >= 15 is 0 Å². The van der Waals surface area contributed by atoms with Crippen molar-refractivity contribution in [3.8, 4) is 5.75 Å². The molecular formula is C39H41Cl4F3N8O4. The number of nitrogens with zero attached hydrogens (tertiary/aromatic N) is 4. The van der Waals surface area contributed by atoms with Crippen molar-refractivity contribution in [2.75, 3.05) is 56.6 Å². The van der Waals surface area contributed by atoms with Crippen LogP contribution in [-0.2, 0) is 33.6 Å². The van der Waals surface area contributed by atoms with Gasteiger partial charge in [0.05, 0.1) is 50.3 Å². The molecule has 0 aliphatic carbocycles. The number of rotatable bonds is 10. The maximum absolute atomic E-state index is 12.6. The number of nitrogens with one attached hydrogen (secondary N) is 4. The summed E-state index contributed by atoms with van der Waals surface area (Å²) in [4.78, 5) is 47.9. The predicted molar refractivity (Wildman–Crippen MR) is 219 cm³/mol. The van der Waals surface area contributed by atoms with Crippen molar-refractivity contribution >= 4 is 81.4 Å². The molecule has 0 bridgehead atoms. The number of carbonyl (C=O) groups excluding carboxylic acids is 3. The smallest absolute Gasteiger partial charge is 0.419 e. The molecule has 0 saturated carbocycles. The Labute approximate surface area is 353 Å². The van der Waals surface area contributed by atoms with Crippen LogP contribution >= 0.6 is 46.4 Å². The lowest BCUT2D eigenvalue weighted by Crippen LogP contribution is -2.48. The van der Waals surface area contributed by atoms with Gasteiger partial charge in [-0.1, -0.05) is 58.5 Å². The molecule has 2 saturated heterocycles. The van der Waals surface area contributed by atoms with E-state index in [4.69, 9.17) is 51.1 Å². The van der Waals surface area contributed by atoms with Crippen LogP contribution in [0, 0.1) is 11.8 Å². The van der Waals surface area contributed by atoms with Crippen LogP contribution in [0.25, 0.3) is 0 Å². The quantitative estimate of drug-likeness (QED) is 0.129. The van der Waals surface area contributed by atoms with Gasteiger partial charge >= 0.3 is 6.18 Å². The fourth-order valence-corrected chi connectivity index (χ4v) is 6.87. The number of ether oxygens (including phenoxy) is 1. The van der Waals surface area contributed by atoms with Gasteiger partial charge in [0, 0.05) is 83.4 Å². The number of anilines is 3. The van der Waals surface area contributed by atoms with E-state index < -0.39 is 11.7 Å². The fraction of sp³-hybridized carbons (Fsp3) is 0.359. The summed E-state index contributed by atoms with van der Waals surface area (Å²) in [5.41, 5.74) is 2.27. The van der Waals surface area contributed by atoms with Crippen LogP contribution in [0.5, 0.6) is 5.75 Å². The average Bonchev–Trinajstić information content (AvgIpc) is 3.21. The molecule has 0 radical (unpaired) electrons. The molecule has 0 spiro atoms. The molecule has 2 fully saturated rings. The first-order valence-electron chi connectivity index (χ1n) is 18.1. The van der Waals surface area contributed by atoms with Crippen LogP contribution in [0.3, 0.4) is 0 Å². The normalized spacial score (nSPS) is 16.8. The zero-order chi connectivity index (χ0) is 42.0. The summed E-state index contributed by atoms with van der Waals surface area (Å²) in [6, 6.07) is 15.9. The van der Waals surface area contributed by atoms with Crippen LogP contribution in [0.4, 0.5) is 30.5 Å². The number of halogens is 7. The van der Waals surface area contributed by atoms with Crippen molar-refractivity contribution in [1.82, 2.24) is 30.8 Å². The molecule has 6 rings (SSSR count). The van der Waals surface area contributed by atoms with Gasteiger partial charge in [0.25, 0.3) is 0 Å². The van der Waals surface area contributed by atoms with Gasteiger partial charge in [-0.15, -0.1) is 0 Å². The Balaban J connectivity index is 0.000000221. The third-order valence-electron chi connectivity index (χ3n) is 9.49. The molecule has 3 heterocycles. The molecule has 4 aromatic rings. The minimum atomic E-state index is -4.48. The number of methoxy groups -OCH3 is 1. The minimum Gasteiger partial charge on any atom is -0.494 e. The van der Waals surface area contributed by atoms with E-state index in [-0.39, 0.29) is 35.5 Å². The third-order valence-corrected chi connectivity index (χ3v) is 11.0. The lowest BCUT2D eigenvalue weighted by molar-refractivity contribution is -0.138. The van der Waals surface area contributed by atoms with E-state index in [1.54, 1.807) is 42.2 Å². The molecule has 3 amide bonds. The van der Waals surface area contributed by atoms with E-state index in [1.165, 1.54) is 7.11 Å². The highest BCUT2D eigenvalue weighted by Gasteiger charge is 2.32. The van der Waals surface area contributed by atoms with Gasteiger partial charge in [0.2, 0.25) is 23.7 Å². The molecule has 2 aliphatic rings. The average molecular weight is 885 g/mol. The molecule has 2 aliphatic heterocycles. The van der Waals surface area contributed by atoms with Gasteiger partial charge in [0.1, 0.15) is 5.75 Å². The number of hydrogen-bond donors (Lipinski definition) is 4. The molecule has 2 atom stereocenters. The van der Waals surface area contributed by atoms with Gasteiger partial charge in [-0.2, -0.15) is 13.2 Å². The number of benzene rings is 3. The Bertz CT molecular complexity index is 2000. The molecule has 4 N–H and O–H groups in total. The number of aromatic nitrogens is 2. The monoisotopic (exact) mass is 882 g/mol. The summed E-state index contributed by atoms with van der Waals surface area (Å²) >= 11 is 23.8. The second-order valence-corrected chi connectivity index (χ2v) is 15.1. The Morgan fingerprint density at radius 2 is 1.33 bits per heavy atom. The highest BCUT2D eigenvalue weighted by molar-refractivity contribution is 6.42. The van der Waals surface area contributed by atoms with Crippen molar-refractivity contribution in [3.63, 3.8) is 0 Å². The zero-order valence-corrected chi connectivity index (χ0v) is 34.5. The Morgan fingerprint density at radius 3 is 1.79 bits per heavy atom. The zero-order valence-electron chi connectivity index (χ0n) is 31.4.